The summed E-state index contributed by atoms with van der Waals surface area (Å²) in [4.78, 5) is 0. The van der Waals surface area contributed by atoms with Crippen LogP contribution in [0.2, 0.25) is 5.02 Å². The number of nitrogens with one attached hydrogen (secondary N) is 1. The summed E-state index contributed by atoms with van der Waals surface area (Å²) in [7, 11) is 0. The first kappa shape index (κ1) is 13.4. The summed E-state index contributed by atoms with van der Waals surface area (Å²) in [6.45, 7) is 2.16. The van der Waals surface area contributed by atoms with E-state index >= 15 is 0 Å². The molecule has 2 rings (SSSR count). The number of hydrogen-bond acceptors (Lipinski definition) is 1. The van der Waals surface area contributed by atoms with E-state index in [9.17, 15) is 0 Å². The number of anilines is 1. The standard InChI is InChI=1S/C15H15BrClN/c1-11(9-12-5-3-2-4-6-12)18-15-10-13(16)7-8-14(15)17/h2-8,10-11,18H,9H2,1H3. The van der Waals surface area contributed by atoms with Crippen LogP contribution in [0.5, 0.6) is 0 Å². The minimum absolute atomic E-state index is 0.333. The normalized spacial score (nSPS) is 12.2. The lowest BCUT2D eigenvalue weighted by molar-refractivity contribution is 0.790. The Hall–Kier alpha value is -0.990. The Bertz CT molecular complexity index is 513. The molecule has 0 aliphatic heterocycles. The van der Waals surface area contributed by atoms with Crippen LogP contribution in [0.1, 0.15) is 12.5 Å². The van der Waals surface area contributed by atoms with Crippen LogP contribution in [0.15, 0.2) is 53.0 Å². The minimum Gasteiger partial charge on any atom is -0.381 e. The van der Waals surface area contributed by atoms with Gasteiger partial charge in [0.1, 0.15) is 0 Å². The molecule has 1 nitrogen and oxygen atoms in total. The van der Waals surface area contributed by atoms with Gasteiger partial charge in [0.25, 0.3) is 0 Å². The van der Waals surface area contributed by atoms with Crippen molar-refractivity contribution in [2.24, 2.45) is 0 Å². The van der Waals surface area contributed by atoms with Crippen molar-refractivity contribution in [1.82, 2.24) is 0 Å². The van der Waals surface area contributed by atoms with Crippen LogP contribution < -0.4 is 5.32 Å². The Balaban J connectivity index is 2.03. The van der Waals surface area contributed by atoms with Crippen LogP contribution in [0.3, 0.4) is 0 Å². The van der Waals surface area contributed by atoms with Gasteiger partial charge in [0.2, 0.25) is 0 Å². The molecule has 0 radical (unpaired) electrons. The average Bonchev–Trinajstić information content (AvgIpc) is 2.35. The summed E-state index contributed by atoms with van der Waals surface area (Å²) >= 11 is 9.61. The summed E-state index contributed by atoms with van der Waals surface area (Å²) in [6.07, 6.45) is 0.976. The van der Waals surface area contributed by atoms with Crippen LogP contribution >= 0.6 is 27.5 Å². The Morgan fingerprint density at radius 3 is 2.61 bits per heavy atom. The SMILES string of the molecule is CC(Cc1ccccc1)Nc1cc(Br)ccc1Cl. The first-order chi connectivity index (χ1) is 8.65. The maximum atomic E-state index is 6.16. The zero-order chi connectivity index (χ0) is 13.0. The molecule has 1 N–H and O–H groups in total. The predicted octanol–water partition coefficient (Wildman–Crippen LogP) is 5.15. The first-order valence-corrected chi connectivity index (χ1v) is 7.08. The molecular weight excluding hydrogens is 310 g/mol. The number of rotatable bonds is 4. The highest BCUT2D eigenvalue weighted by molar-refractivity contribution is 9.10. The molecule has 1 atom stereocenters. The maximum Gasteiger partial charge on any atom is 0.0638 e. The molecule has 94 valence electrons. The predicted molar refractivity (Wildman–Crippen MR) is 82.4 cm³/mol. The average molecular weight is 325 g/mol. The summed E-state index contributed by atoms with van der Waals surface area (Å²) < 4.78 is 1.03. The highest BCUT2D eigenvalue weighted by Gasteiger charge is 2.06. The maximum absolute atomic E-state index is 6.16. The van der Waals surface area contributed by atoms with Crippen molar-refractivity contribution in [1.29, 1.82) is 0 Å². The fourth-order valence-electron chi connectivity index (χ4n) is 1.89. The second kappa shape index (κ2) is 6.26. The van der Waals surface area contributed by atoms with E-state index in [0.717, 1.165) is 21.6 Å². The van der Waals surface area contributed by atoms with Crippen LogP contribution in [0, 0.1) is 0 Å². The van der Waals surface area contributed by atoms with Gasteiger partial charge < -0.3 is 5.32 Å². The van der Waals surface area contributed by atoms with E-state index < -0.39 is 0 Å². The molecule has 3 heteroatoms. The van der Waals surface area contributed by atoms with Gasteiger partial charge in [0.15, 0.2) is 0 Å². The molecule has 0 saturated carbocycles. The molecule has 2 aromatic carbocycles. The van der Waals surface area contributed by atoms with Crippen molar-refractivity contribution < 1.29 is 0 Å². The second-order valence-corrected chi connectivity index (χ2v) is 5.68. The molecule has 0 amide bonds. The Kier molecular flexibility index (Phi) is 4.67. The van der Waals surface area contributed by atoms with Gasteiger partial charge in [-0.05, 0) is 37.1 Å². The second-order valence-electron chi connectivity index (χ2n) is 4.36. The van der Waals surface area contributed by atoms with Gasteiger partial charge in [-0.25, -0.2) is 0 Å². The highest BCUT2D eigenvalue weighted by atomic mass is 79.9. The Labute approximate surface area is 121 Å². The van der Waals surface area contributed by atoms with Gasteiger partial charge in [0, 0.05) is 10.5 Å². The summed E-state index contributed by atoms with van der Waals surface area (Å²) in [5.41, 5.74) is 2.29. The molecule has 0 spiro atoms. The van der Waals surface area contributed by atoms with Gasteiger partial charge in [-0.3, -0.25) is 0 Å². The van der Waals surface area contributed by atoms with E-state index in [4.69, 9.17) is 11.6 Å². The number of halogens is 2. The molecule has 0 bridgehead atoms. The smallest absolute Gasteiger partial charge is 0.0638 e. The molecule has 0 heterocycles. The molecule has 18 heavy (non-hydrogen) atoms. The largest absolute Gasteiger partial charge is 0.381 e. The first-order valence-electron chi connectivity index (χ1n) is 5.90. The van der Waals surface area contributed by atoms with Crippen molar-refractivity contribution in [3.63, 3.8) is 0 Å². The number of benzene rings is 2. The third-order valence-electron chi connectivity index (χ3n) is 2.72. The van der Waals surface area contributed by atoms with Crippen molar-refractivity contribution in [2.45, 2.75) is 19.4 Å². The molecule has 0 aliphatic carbocycles. The van der Waals surface area contributed by atoms with Gasteiger partial charge in [-0.15, -0.1) is 0 Å². The van der Waals surface area contributed by atoms with Gasteiger partial charge in [0.05, 0.1) is 10.7 Å². The van der Waals surface area contributed by atoms with E-state index in [1.54, 1.807) is 0 Å². The van der Waals surface area contributed by atoms with Crippen LogP contribution in [-0.4, -0.2) is 6.04 Å². The third-order valence-corrected chi connectivity index (χ3v) is 3.54. The molecule has 2 aromatic rings. The monoisotopic (exact) mass is 323 g/mol. The molecule has 0 aliphatic rings. The van der Waals surface area contributed by atoms with Crippen LogP contribution in [0.25, 0.3) is 0 Å². The van der Waals surface area contributed by atoms with Crippen molar-refractivity contribution in [2.75, 3.05) is 5.32 Å². The fraction of sp³-hybridized carbons (Fsp3) is 0.200. The summed E-state index contributed by atoms with van der Waals surface area (Å²) in [5, 5.41) is 4.19. The van der Waals surface area contributed by atoms with Crippen molar-refractivity contribution in [3.05, 3.63) is 63.6 Å². The lowest BCUT2D eigenvalue weighted by atomic mass is 10.1. The fourth-order valence-corrected chi connectivity index (χ4v) is 2.43. The van der Waals surface area contributed by atoms with E-state index in [1.165, 1.54) is 5.56 Å². The molecular formula is C15H15BrClN. The highest BCUT2D eigenvalue weighted by Crippen LogP contribution is 2.26. The van der Waals surface area contributed by atoms with Crippen molar-refractivity contribution >= 4 is 33.2 Å². The lowest BCUT2D eigenvalue weighted by Crippen LogP contribution is -2.18. The van der Waals surface area contributed by atoms with Crippen LogP contribution in [-0.2, 0) is 6.42 Å². The van der Waals surface area contributed by atoms with E-state index in [2.05, 4.69) is 52.4 Å². The summed E-state index contributed by atoms with van der Waals surface area (Å²) in [6, 6.07) is 16.6. The molecule has 0 fully saturated rings. The van der Waals surface area contributed by atoms with Gasteiger partial charge >= 0.3 is 0 Å². The van der Waals surface area contributed by atoms with E-state index in [0.29, 0.717) is 6.04 Å². The summed E-state index contributed by atoms with van der Waals surface area (Å²) in [5.74, 6) is 0. The molecule has 0 saturated heterocycles. The zero-order valence-electron chi connectivity index (χ0n) is 10.2. The topological polar surface area (TPSA) is 12.0 Å². The Morgan fingerprint density at radius 2 is 1.89 bits per heavy atom. The molecule has 0 aromatic heterocycles. The zero-order valence-corrected chi connectivity index (χ0v) is 12.5. The molecule has 1 unspecified atom stereocenters. The van der Waals surface area contributed by atoms with Gasteiger partial charge in [-0.1, -0.05) is 57.9 Å². The van der Waals surface area contributed by atoms with Gasteiger partial charge in [-0.2, -0.15) is 0 Å². The number of hydrogen-bond donors (Lipinski definition) is 1. The van der Waals surface area contributed by atoms with E-state index in [-0.39, 0.29) is 0 Å². The minimum atomic E-state index is 0.333. The lowest BCUT2D eigenvalue weighted by Gasteiger charge is -2.16. The quantitative estimate of drug-likeness (QED) is 0.820. The Morgan fingerprint density at radius 1 is 1.17 bits per heavy atom. The van der Waals surface area contributed by atoms with Crippen LogP contribution in [0.4, 0.5) is 5.69 Å². The third kappa shape index (κ3) is 3.76. The van der Waals surface area contributed by atoms with Crippen molar-refractivity contribution in [3.8, 4) is 0 Å². The van der Waals surface area contributed by atoms with E-state index in [1.807, 2.05) is 24.3 Å².